The van der Waals surface area contributed by atoms with Crippen LogP contribution in [0.5, 0.6) is 0 Å². The van der Waals surface area contributed by atoms with Crippen LogP contribution >= 0.6 is 0 Å². The highest BCUT2D eigenvalue weighted by molar-refractivity contribution is 5.75. The van der Waals surface area contributed by atoms with E-state index in [0.717, 1.165) is 30.5 Å². The number of piperidine rings is 1. The van der Waals surface area contributed by atoms with Gasteiger partial charge in [0, 0.05) is 39.3 Å². The highest BCUT2D eigenvalue weighted by atomic mass is 16.6. The number of rotatable bonds is 7. The molecule has 216 valence electrons. The van der Waals surface area contributed by atoms with Crippen LogP contribution in [0.2, 0.25) is 0 Å². The molecule has 0 saturated carbocycles. The van der Waals surface area contributed by atoms with E-state index in [1.165, 1.54) is 17.2 Å². The van der Waals surface area contributed by atoms with Crippen molar-refractivity contribution in [3.63, 3.8) is 0 Å². The van der Waals surface area contributed by atoms with Gasteiger partial charge in [0.25, 0.3) is 5.56 Å². The van der Waals surface area contributed by atoms with Crippen molar-refractivity contribution >= 4 is 23.2 Å². The van der Waals surface area contributed by atoms with E-state index in [1.54, 1.807) is 4.57 Å². The maximum atomic E-state index is 13.5. The zero-order chi connectivity index (χ0) is 29.2. The molecule has 0 spiro atoms. The standard InChI is InChI=1S/C30H42N6O4/c1-20(2)14-17-35-24-25(32-27(35)34-16-8-9-23(19-34)31-28(38)40-30(4,5)6)36(29(39)33(7)26(24)37)18-15-22-12-10-21(3)11-13-22/h10-14,23H,8-9,15-19H2,1-7H3,(H,31,38). The summed E-state index contributed by atoms with van der Waals surface area (Å²) in [5.41, 5.74) is 2.85. The SMILES string of the molecule is CC(C)=CCn1c(N2CCCC(NC(=O)OC(C)(C)C)C2)nc2c1c(=O)n(C)c(=O)n2CCc1ccc(C)cc1. The molecule has 0 radical (unpaired) electrons. The summed E-state index contributed by atoms with van der Waals surface area (Å²) in [6, 6.07) is 8.10. The fraction of sp³-hybridized carbons (Fsp3) is 0.533. The molecule has 0 aliphatic carbocycles. The number of fused-ring (bicyclic) bond motifs is 1. The minimum absolute atomic E-state index is 0.133. The van der Waals surface area contributed by atoms with E-state index in [-0.39, 0.29) is 17.3 Å². The molecule has 3 aromatic rings. The molecule has 1 atom stereocenters. The van der Waals surface area contributed by atoms with Crippen LogP contribution in [0.15, 0.2) is 45.5 Å². The lowest BCUT2D eigenvalue weighted by atomic mass is 10.1. The van der Waals surface area contributed by atoms with Gasteiger partial charge in [0.2, 0.25) is 5.95 Å². The van der Waals surface area contributed by atoms with Crippen molar-refractivity contribution in [2.24, 2.45) is 7.05 Å². The first-order valence-electron chi connectivity index (χ1n) is 14.0. The molecule has 40 heavy (non-hydrogen) atoms. The van der Waals surface area contributed by atoms with Crippen molar-refractivity contribution in [2.75, 3.05) is 18.0 Å². The molecule has 2 aromatic heterocycles. The normalized spacial score (nSPS) is 15.8. The van der Waals surface area contributed by atoms with Gasteiger partial charge in [0.15, 0.2) is 11.2 Å². The van der Waals surface area contributed by atoms with E-state index < -0.39 is 11.7 Å². The molecule has 1 unspecified atom stereocenters. The maximum Gasteiger partial charge on any atom is 0.407 e. The van der Waals surface area contributed by atoms with Gasteiger partial charge >= 0.3 is 11.8 Å². The summed E-state index contributed by atoms with van der Waals surface area (Å²) in [6.45, 7) is 13.7. The van der Waals surface area contributed by atoms with Crippen molar-refractivity contribution < 1.29 is 9.53 Å². The molecule has 1 aliphatic rings. The number of carbonyl (C=O) groups is 1. The third kappa shape index (κ3) is 6.66. The second kappa shape index (κ2) is 11.7. The van der Waals surface area contributed by atoms with E-state index in [1.807, 2.05) is 52.2 Å². The number of hydrogen-bond acceptors (Lipinski definition) is 6. The number of alkyl carbamates (subject to hydrolysis) is 1. The van der Waals surface area contributed by atoms with Crippen molar-refractivity contribution in [3.8, 4) is 0 Å². The molecule has 1 aliphatic heterocycles. The number of nitrogens with zero attached hydrogens (tertiary/aromatic N) is 5. The Morgan fingerprint density at radius 3 is 2.50 bits per heavy atom. The molecule has 1 amide bonds. The molecule has 1 aromatic carbocycles. The zero-order valence-electron chi connectivity index (χ0n) is 24.8. The fourth-order valence-corrected chi connectivity index (χ4v) is 4.98. The van der Waals surface area contributed by atoms with Gasteiger partial charge in [-0.3, -0.25) is 13.9 Å². The number of hydrogen-bond donors (Lipinski definition) is 1. The van der Waals surface area contributed by atoms with Gasteiger partial charge in [-0.2, -0.15) is 4.98 Å². The van der Waals surface area contributed by atoms with Crippen LogP contribution in [0.25, 0.3) is 11.2 Å². The summed E-state index contributed by atoms with van der Waals surface area (Å²) < 4.78 is 10.2. The first-order valence-corrected chi connectivity index (χ1v) is 14.0. The van der Waals surface area contributed by atoms with Gasteiger partial charge in [-0.15, -0.1) is 0 Å². The molecule has 10 nitrogen and oxygen atoms in total. The number of aromatic nitrogens is 4. The Hall–Kier alpha value is -3.82. The molecule has 10 heteroatoms. The number of anilines is 1. The number of imidazole rings is 1. The summed E-state index contributed by atoms with van der Waals surface area (Å²) >= 11 is 0. The molecule has 1 saturated heterocycles. The monoisotopic (exact) mass is 550 g/mol. The fourth-order valence-electron chi connectivity index (χ4n) is 4.98. The Kier molecular flexibility index (Phi) is 8.56. The number of benzene rings is 1. The van der Waals surface area contributed by atoms with Gasteiger partial charge < -0.3 is 19.5 Å². The van der Waals surface area contributed by atoms with Crippen molar-refractivity contribution in [1.82, 2.24) is 24.0 Å². The van der Waals surface area contributed by atoms with Crippen molar-refractivity contribution in [1.29, 1.82) is 0 Å². The molecular formula is C30H42N6O4. The Morgan fingerprint density at radius 2 is 1.85 bits per heavy atom. The Labute approximate surface area is 235 Å². The maximum absolute atomic E-state index is 13.5. The quantitative estimate of drug-likeness (QED) is 0.448. The Bertz CT molecular complexity index is 1520. The van der Waals surface area contributed by atoms with Gasteiger partial charge in [0.05, 0.1) is 0 Å². The summed E-state index contributed by atoms with van der Waals surface area (Å²) in [4.78, 5) is 46.3. The minimum atomic E-state index is -0.584. The predicted octanol–water partition coefficient (Wildman–Crippen LogP) is 3.91. The summed E-state index contributed by atoms with van der Waals surface area (Å²) in [5.74, 6) is 0.620. The number of aryl methyl sites for hydroxylation is 3. The van der Waals surface area contributed by atoms with Crippen LogP contribution in [-0.4, -0.2) is 49.5 Å². The summed E-state index contributed by atoms with van der Waals surface area (Å²) in [5, 5.41) is 2.99. The Balaban J connectivity index is 1.74. The minimum Gasteiger partial charge on any atom is -0.444 e. The van der Waals surface area contributed by atoms with Gasteiger partial charge in [-0.05, 0) is 66.4 Å². The molecular weight excluding hydrogens is 508 g/mol. The first kappa shape index (κ1) is 29.2. The van der Waals surface area contributed by atoms with E-state index in [4.69, 9.17) is 9.72 Å². The average molecular weight is 551 g/mol. The second-order valence-corrected chi connectivity index (χ2v) is 11.9. The zero-order valence-corrected chi connectivity index (χ0v) is 24.8. The highest BCUT2D eigenvalue weighted by Gasteiger charge is 2.29. The largest absolute Gasteiger partial charge is 0.444 e. The van der Waals surface area contributed by atoms with E-state index in [0.29, 0.717) is 43.2 Å². The van der Waals surface area contributed by atoms with Crippen LogP contribution in [0.1, 0.15) is 58.6 Å². The lowest BCUT2D eigenvalue weighted by Gasteiger charge is -2.34. The molecule has 1 fully saturated rings. The number of nitrogens with one attached hydrogen (secondary N) is 1. The summed E-state index contributed by atoms with van der Waals surface area (Å²) in [7, 11) is 1.52. The van der Waals surface area contributed by atoms with E-state index in [2.05, 4.69) is 34.5 Å². The molecule has 0 bridgehead atoms. The molecule has 3 heterocycles. The van der Waals surface area contributed by atoms with E-state index in [9.17, 15) is 14.4 Å². The first-order chi connectivity index (χ1) is 18.8. The smallest absolute Gasteiger partial charge is 0.407 e. The van der Waals surface area contributed by atoms with Crippen LogP contribution in [-0.2, 0) is 31.3 Å². The number of allylic oxidation sites excluding steroid dienone is 2. The number of carbonyl (C=O) groups excluding carboxylic acids is 1. The van der Waals surface area contributed by atoms with Crippen molar-refractivity contribution in [2.45, 2.75) is 85.5 Å². The van der Waals surface area contributed by atoms with Crippen LogP contribution in [0.3, 0.4) is 0 Å². The summed E-state index contributed by atoms with van der Waals surface area (Å²) in [6.07, 6.45) is 3.88. The van der Waals surface area contributed by atoms with Crippen LogP contribution in [0.4, 0.5) is 10.7 Å². The van der Waals surface area contributed by atoms with Crippen LogP contribution in [0, 0.1) is 6.92 Å². The average Bonchev–Trinajstić information content (AvgIpc) is 3.25. The topological polar surface area (TPSA) is 103 Å². The molecule has 1 N–H and O–H groups in total. The third-order valence-electron chi connectivity index (χ3n) is 7.06. The Morgan fingerprint density at radius 1 is 1.15 bits per heavy atom. The molecule has 4 rings (SSSR count). The predicted molar refractivity (Wildman–Crippen MR) is 158 cm³/mol. The third-order valence-corrected chi connectivity index (χ3v) is 7.06. The lowest BCUT2D eigenvalue weighted by Crippen LogP contribution is -2.49. The van der Waals surface area contributed by atoms with Crippen LogP contribution < -0.4 is 21.5 Å². The number of amides is 1. The van der Waals surface area contributed by atoms with Gasteiger partial charge in [0.1, 0.15) is 5.60 Å². The van der Waals surface area contributed by atoms with Gasteiger partial charge in [-0.1, -0.05) is 41.5 Å². The van der Waals surface area contributed by atoms with Crippen molar-refractivity contribution in [3.05, 3.63) is 67.9 Å². The highest BCUT2D eigenvalue weighted by Crippen LogP contribution is 2.24. The lowest BCUT2D eigenvalue weighted by molar-refractivity contribution is 0.0499. The number of ether oxygens (including phenoxy) is 1. The van der Waals surface area contributed by atoms with E-state index >= 15 is 0 Å². The second-order valence-electron chi connectivity index (χ2n) is 11.9. The van der Waals surface area contributed by atoms with Gasteiger partial charge in [-0.25, -0.2) is 9.59 Å².